The van der Waals surface area contributed by atoms with Crippen molar-refractivity contribution in [2.75, 3.05) is 26.2 Å². The van der Waals surface area contributed by atoms with Crippen molar-refractivity contribution in [3.63, 3.8) is 0 Å². The van der Waals surface area contributed by atoms with Gasteiger partial charge in [0.1, 0.15) is 0 Å². The summed E-state index contributed by atoms with van der Waals surface area (Å²) >= 11 is 0. The van der Waals surface area contributed by atoms with Crippen LogP contribution in [0.15, 0.2) is 23.1 Å². The van der Waals surface area contributed by atoms with Crippen LogP contribution in [0.25, 0.3) is 0 Å². The zero-order valence-electron chi connectivity index (χ0n) is 17.8. The van der Waals surface area contributed by atoms with Crippen LogP contribution in [0.2, 0.25) is 0 Å². The van der Waals surface area contributed by atoms with Crippen LogP contribution in [0.1, 0.15) is 44.7 Å². The Hall–Kier alpha value is -1.44. The molecule has 1 heterocycles. The van der Waals surface area contributed by atoms with Crippen LogP contribution in [0.5, 0.6) is 0 Å². The number of benzene rings is 1. The van der Waals surface area contributed by atoms with Crippen molar-refractivity contribution in [3.8, 4) is 0 Å². The van der Waals surface area contributed by atoms with Gasteiger partial charge in [-0.15, -0.1) is 0 Å². The molecule has 0 aromatic heterocycles. The molecule has 1 aliphatic rings. The van der Waals surface area contributed by atoms with Crippen molar-refractivity contribution in [1.29, 1.82) is 0 Å². The fourth-order valence-corrected chi connectivity index (χ4v) is 5.10. The quantitative estimate of drug-likeness (QED) is 0.691. The van der Waals surface area contributed by atoms with Crippen LogP contribution in [-0.4, -0.2) is 51.4 Å². The minimum absolute atomic E-state index is 0.0429. The average Bonchev–Trinajstić information content (AvgIpc) is 2.55. The predicted molar refractivity (Wildman–Crippen MR) is 113 cm³/mol. The zero-order valence-corrected chi connectivity index (χ0v) is 18.6. The molecule has 1 aliphatic heterocycles. The van der Waals surface area contributed by atoms with E-state index in [-0.39, 0.29) is 29.8 Å². The molecule has 2 rings (SSSR count). The number of piperidine rings is 1. The summed E-state index contributed by atoms with van der Waals surface area (Å²) in [5.41, 5.74) is 1.97. The van der Waals surface area contributed by atoms with E-state index in [1.54, 1.807) is 18.2 Å². The van der Waals surface area contributed by atoms with Gasteiger partial charge in [-0.3, -0.25) is 4.79 Å². The molecule has 1 fully saturated rings. The molecule has 0 spiro atoms. The van der Waals surface area contributed by atoms with Gasteiger partial charge in [-0.1, -0.05) is 19.9 Å². The number of likely N-dealkylation sites (tertiary alicyclic amines) is 1. The highest BCUT2D eigenvalue weighted by molar-refractivity contribution is 7.89. The largest absolute Gasteiger partial charge is 0.352 e. The van der Waals surface area contributed by atoms with Crippen molar-refractivity contribution in [1.82, 2.24) is 14.9 Å². The van der Waals surface area contributed by atoms with Gasteiger partial charge in [0, 0.05) is 38.6 Å². The number of carbonyl (C=O) groups is 1. The Kier molecular flexibility index (Phi) is 8.04. The molecule has 158 valence electrons. The number of hydrogen-bond acceptors (Lipinski definition) is 4. The first-order valence-corrected chi connectivity index (χ1v) is 11.6. The van der Waals surface area contributed by atoms with E-state index in [0.717, 1.165) is 30.8 Å². The van der Waals surface area contributed by atoms with Gasteiger partial charge < -0.3 is 10.2 Å². The maximum atomic E-state index is 12.4. The van der Waals surface area contributed by atoms with Gasteiger partial charge in [0.15, 0.2) is 0 Å². The average molecular weight is 410 g/mol. The summed E-state index contributed by atoms with van der Waals surface area (Å²) < 4.78 is 27.3. The van der Waals surface area contributed by atoms with E-state index in [0.29, 0.717) is 11.8 Å². The lowest BCUT2D eigenvalue weighted by molar-refractivity contribution is -0.121. The van der Waals surface area contributed by atoms with Crippen molar-refractivity contribution >= 4 is 15.9 Å². The molecule has 1 aromatic rings. The first-order valence-electron chi connectivity index (χ1n) is 10.2. The molecular formula is C21H35N3O3S. The summed E-state index contributed by atoms with van der Waals surface area (Å²) in [5, 5.41) is 2.98. The maximum absolute atomic E-state index is 12.4. The van der Waals surface area contributed by atoms with Crippen molar-refractivity contribution in [2.24, 2.45) is 11.8 Å². The number of rotatable bonds is 8. The molecule has 0 aliphatic carbocycles. The topological polar surface area (TPSA) is 78.5 Å². The first kappa shape index (κ1) is 22.8. The second-order valence-electron chi connectivity index (χ2n) is 8.53. The molecule has 1 saturated heterocycles. The molecule has 2 N–H and O–H groups in total. The van der Waals surface area contributed by atoms with Crippen LogP contribution in [-0.2, 0) is 14.8 Å². The number of hydrogen-bond donors (Lipinski definition) is 2. The number of aryl methyl sites for hydroxylation is 2. The second-order valence-corrected chi connectivity index (χ2v) is 10.3. The third kappa shape index (κ3) is 6.87. The fraction of sp³-hybridized carbons (Fsp3) is 0.667. The lowest BCUT2D eigenvalue weighted by Gasteiger charge is -2.36. The van der Waals surface area contributed by atoms with Gasteiger partial charge in [-0.2, -0.15) is 0 Å². The Morgan fingerprint density at radius 3 is 2.43 bits per heavy atom. The lowest BCUT2D eigenvalue weighted by Crippen LogP contribution is -2.47. The summed E-state index contributed by atoms with van der Waals surface area (Å²) in [6.45, 7) is 13.4. The van der Waals surface area contributed by atoms with Crippen LogP contribution >= 0.6 is 0 Å². The Morgan fingerprint density at radius 2 is 1.82 bits per heavy atom. The first-order chi connectivity index (χ1) is 13.1. The van der Waals surface area contributed by atoms with Gasteiger partial charge in [0.05, 0.1) is 4.90 Å². The van der Waals surface area contributed by atoms with E-state index in [2.05, 4.69) is 28.8 Å². The van der Waals surface area contributed by atoms with Crippen molar-refractivity contribution in [3.05, 3.63) is 29.3 Å². The van der Waals surface area contributed by atoms with Gasteiger partial charge in [-0.25, -0.2) is 13.1 Å². The highest BCUT2D eigenvalue weighted by Gasteiger charge is 2.23. The van der Waals surface area contributed by atoms with E-state index >= 15 is 0 Å². The van der Waals surface area contributed by atoms with Gasteiger partial charge in [-0.05, 0) is 62.3 Å². The van der Waals surface area contributed by atoms with Crippen molar-refractivity contribution < 1.29 is 13.2 Å². The second kappa shape index (κ2) is 9.85. The van der Waals surface area contributed by atoms with Gasteiger partial charge in [0.2, 0.25) is 15.9 Å². The summed E-state index contributed by atoms with van der Waals surface area (Å²) in [7, 11) is -3.60. The number of amides is 1. The Balaban J connectivity index is 1.76. The molecule has 28 heavy (non-hydrogen) atoms. The van der Waals surface area contributed by atoms with Crippen LogP contribution in [0.4, 0.5) is 0 Å². The van der Waals surface area contributed by atoms with Gasteiger partial charge >= 0.3 is 0 Å². The Morgan fingerprint density at radius 1 is 1.18 bits per heavy atom. The molecule has 0 bridgehead atoms. The van der Waals surface area contributed by atoms with E-state index in [9.17, 15) is 13.2 Å². The van der Waals surface area contributed by atoms with E-state index in [1.165, 1.54) is 6.42 Å². The number of sulfonamides is 1. The number of nitrogens with zero attached hydrogens (tertiary/aromatic N) is 1. The molecule has 0 saturated carbocycles. The number of nitrogens with one attached hydrogen (secondary N) is 2. The number of carbonyl (C=O) groups excluding carboxylic acids is 1. The summed E-state index contributed by atoms with van der Waals surface area (Å²) in [4.78, 5) is 14.8. The van der Waals surface area contributed by atoms with Crippen LogP contribution in [0.3, 0.4) is 0 Å². The van der Waals surface area contributed by atoms with E-state index < -0.39 is 10.0 Å². The fourth-order valence-electron chi connectivity index (χ4n) is 3.98. The summed E-state index contributed by atoms with van der Waals surface area (Å²) in [5.74, 6) is 1.24. The van der Waals surface area contributed by atoms with E-state index in [1.807, 2.05) is 20.8 Å². The van der Waals surface area contributed by atoms with E-state index in [4.69, 9.17) is 0 Å². The highest BCUT2D eigenvalue weighted by atomic mass is 32.2. The normalized spacial score (nSPS) is 22.0. The summed E-state index contributed by atoms with van der Waals surface area (Å²) in [6.07, 6.45) is 1.39. The molecule has 1 amide bonds. The highest BCUT2D eigenvalue weighted by Crippen LogP contribution is 2.20. The Labute approximate surface area is 170 Å². The molecule has 3 unspecified atom stereocenters. The molecular weight excluding hydrogens is 374 g/mol. The monoisotopic (exact) mass is 409 g/mol. The molecule has 3 atom stereocenters. The molecule has 0 radical (unpaired) electrons. The molecule has 7 heteroatoms. The minimum atomic E-state index is -3.60. The third-order valence-electron chi connectivity index (χ3n) is 5.32. The minimum Gasteiger partial charge on any atom is -0.352 e. The van der Waals surface area contributed by atoms with Crippen LogP contribution in [0, 0.1) is 25.7 Å². The van der Waals surface area contributed by atoms with Gasteiger partial charge in [0.25, 0.3) is 0 Å². The van der Waals surface area contributed by atoms with Crippen LogP contribution < -0.4 is 10.0 Å². The molecule has 1 aromatic carbocycles. The SMILES string of the molecule is Cc1ccc(S(=O)(=O)NCCC(=O)NC(C)CN2CC(C)CC(C)C2)cc1C. The standard InChI is InChI=1S/C21H35N3O3S/c1-15-10-16(2)13-24(12-15)14-19(5)23-21(25)8-9-22-28(26,27)20-7-6-17(3)18(4)11-20/h6-7,11,15-16,19,22H,8-10,12-14H2,1-5H3,(H,23,25). The Bertz CT molecular complexity index is 769. The predicted octanol–water partition coefficient (Wildman–Crippen LogP) is 2.45. The third-order valence-corrected chi connectivity index (χ3v) is 6.78. The maximum Gasteiger partial charge on any atom is 0.240 e. The zero-order chi connectivity index (χ0) is 20.9. The van der Waals surface area contributed by atoms with Crippen molar-refractivity contribution in [2.45, 2.75) is 58.4 Å². The summed E-state index contributed by atoms with van der Waals surface area (Å²) in [6, 6.07) is 5.08. The lowest BCUT2D eigenvalue weighted by atomic mass is 9.92. The smallest absolute Gasteiger partial charge is 0.240 e. The molecule has 6 nitrogen and oxygen atoms in total.